The van der Waals surface area contributed by atoms with Gasteiger partial charge in [-0.05, 0) is 96.0 Å². The van der Waals surface area contributed by atoms with Crippen LogP contribution >= 0.6 is 27.7 Å². The Bertz CT molecular complexity index is 1580. The number of carbonyl (C=O) groups excluding carboxylic acids is 3. The lowest BCUT2D eigenvalue weighted by molar-refractivity contribution is -0.115. The van der Waals surface area contributed by atoms with E-state index in [9.17, 15) is 14.4 Å². The molecule has 0 saturated heterocycles. The van der Waals surface area contributed by atoms with Crippen LogP contribution in [-0.4, -0.2) is 29.6 Å². The van der Waals surface area contributed by atoms with Crippen molar-refractivity contribution in [1.29, 1.82) is 0 Å². The fourth-order valence-corrected chi connectivity index (χ4v) is 5.15. The van der Waals surface area contributed by atoms with Crippen molar-refractivity contribution in [2.24, 2.45) is 0 Å². The van der Waals surface area contributed by atoms with Crippen LogP contribution in [-0.2, 0) is 9.59 Å². The van der Waals surface area contributed by atoms with Crippen molar-refractivity contribution in [2.45, 2.75) is 24.0 Å². The summed E-state index contributed by atoms with van der Waals surface area (Å²) in [4.78, 5) is 40.0. The van der Waals surface area contributed by atoms with E-state index in [0.29, 0.717) is 34.9 Å². The average Bonchev–Trinajstić information content (AvgIpc) is 2.99. The predicted molar refractivity (Wildman–Crippen MR) is 173 cm³/mol. The van der Waals surface area contributed by atoms with Crippen molar-refractivity contribution in [2.75, 3.05) is 17.2 Å². The summed E-state index contributed by atoms with van der Waals surface area (Å²) in [5.41, 5.74) is 2.44. The number of rotatable bonds is 11. The van der Waals surface area contributed by atoms with Gasteiger partial charge in [-0.25, -0.2) is 0 Å². The summed E-state index contributed by atoms with van der Waals surface area (Å²) in [7, 11) is 0. The number of halogens is 1. The van der Waals surface area contributed by atoms with Crippen LogP contribution in [0.4, 0.5) is 11.4 Å². The highest BCUT2D eigenvalue weighted by Gasteiger charge is 2.18. The molecule has 214 valence electrons. The van der Waals surface area contributed by atoms with Crippen molar-refractivity contribution in [3.05, 3.63) is 124 Å². The predicted octanol–water partition coefficient (Wildman–Crippen LogP) is 7.38. The molecule has 0 aromatic heterocycles. The molecule has 1 atom stereocenters. The van der Waals surface area contributed by atoms with Crippen LogP contribution in [0.1, 0.15) is 29.8 Å². The minimum Gasteiger partial charge on any atom is -0.494 e. The third-order valence-electron chi connectivity index (χ3n) is 5.94. The maximum atomic E-state index is 13.4. The summed E-state index contributed by atoms with van der Waals surface area (Å²) in [5, 5.41) is 8.15. The first-order valence-electron chi connectivity index (χ1n) is 13.3. The maximum absolute atomic E-state index is 13.4. The highest BCUT2D eigenvalue weighted by molar-refractivity contribution is 9.10. The van der Waals surface area contributed by atoms with Gasteiger partial charge in [0.2, 0.25) is 5.91 Å². The molecule has 0 spiro atoms. The van der Waals surface area contributed by atoms with E-state index in [1.165, 1.54) is 11.8 Å². The quantitative estimate of drug-likeness (QED) is 0.117. The second-order valence-electron chi connectivity index (χ2n) is 9.09. The zero-order chi connectivity index (χ0) is 29.9. The largest absolute Gasteiger partial charge is 0.494 e. The number of hydrogen-bond acceptors (Lipinski definition) is 5. The van der Waals surface area contributed by atoms with E-state index >= 15 is 0 Å². The fourth-order valence-electron chi connectivity index (χ4n) is 3.84. The van der Waals surface area contributed by atoms with Crippen molar-refractivity contribution in [1.82, 2.24) is 5.32 Å². The van der Waals surface area contributed by atoms with Crippen LogP contribution in [0, 0.1) is 0 Å². The number of carbonyl (C=O) groups is 3. The number of para-hydroxylation sites is 1. The van der Waals surface area contributed by atoms with Gasteiger partial charge < -0.3 is 20.7 Å². The van der Waals surface area contributed by atoms with E-state index in [2.05, 4.69) is 31.9 Å². The molecule has 0 bridgehead atoms. The molecule has 42 heavy (non-hydrogen) atoms. The van der Waals surface area contributed by atoms with E-state index in [1.807, 2.05) is 62.4 Å². The van der Waals surface area contributed by atoms with Gasteiger partial charge >= 0.3 is 0 Å². The summed E-state index contributed by atoms with van der Waals surface area (Å²) >= 11 is 4.81. The van der Waals surface area contributed by atoms with Gasteiger partial charge in [-0.15, -0.1) is 11.8 Å². The molecule has 4 aromatic carbocycles. The van der Waals surface area contributed by atoms with Crippen LogP contribution in [0.2, 0.25) is 0 Å². The maximum Gasteiger partial charge on any atom is 0.272 e. The van der Waals surface area contributed by atoms with E-state index in [4.69, 9.17) is 4.74 Å². The molecule has 0 radical (unpaired) electrons. The minimum atomic E-state index is -0.491. The third kappa shape index (κ3) is 8.83. The molecule has 0 aliphatic rings. The molecular weight excluding hydrogens is 614 g/mol. The molecular formula is C33H30BrN3O4S. The van der Waals surface area contributed by atoms with Crippen LogP contribution in [0.15, 0.2) is 118 Å². The Hall–Kier alpha value is -4.34. The molecule has 0 saturated carbocycles. The zero-order valence-electron chi connectivity index (χ0n) is 23.1. The van der Waals surface area contributed by atoms with Crippen molar-refractivity contribution in [3.63, 3.8) is 0 Å². The van der Waals surface area contributed by atoms with Gasteiger partial charge in [0.05, 0.1) is 17.5 Å². The van der Waals surface area contributed by atoms with Crippen molar-refractivity contribution >= 4 is 62.9 Å². The molecule has 3 N–H and O–H groups in total. The Labute approximate surface area is 257 Å². The van der Waals surface area contributed by atoms with Gasteiger partial charge in [0.25, 0.3) is 11.8 Å². The van der Waals surface area contributed by atoms with Crippen molar-refractivity contribution < 1.29 is 19.1 Å². The number of benzene rings is 4. The lowest BCUT2D eigenvalue weighted by Crippen LogP contribution is -2.30. The van der Waals surface area contributed by atoms with E-state index in [1.54, 1.807) is 60.7 Å². The molecule has 4 aromatic rings. The number of amides is 3. The van der Waals surface area contributed by atoms with Crippen LogP contribution in [0.3, 0.4) is 0 Å². The van der Waals surface area contributed by atoms with Gasteiger partial charge in [0.1, 0.15) is 11.4 Å². The summed E-state index contributed by atoms with van der Waals surface area (Å²) in [6, 6.07) is 30.5. The lowest BCUT2D eigenvalue weighted by Gasteiger charge is -2.14. The summed E-state index contributed by atoms with van der Waals surface area (Å²) in [5.74, 6) is -0.333. The Kier molecular flexibility index (Phi) is 11.0. The van der Waals surface area contributed by atoms with E-state index in [0.717, 1.165) is 9.37 Å². The fraction of sp³-hybridized carbons (Fsp3) is 0.121. The van der Waals surface area contributed by atoms with Crippen LogP contribution in [0.25, 0.3) is 6.08 Å². The Morgan fingerprint density at radius 1 is 0.881 bits per heavy atom. The van der Waals surface area contributed by atoms with E-state index in [-0.39, 0.29) is 11.6 Å². The standard InChI is InChI=1S/C33H30BrN3O4S/c1-3-41-26-18-16-23(17-19-26)20-30(37-32(39)24-10-5-4-6-11-24)33(40)35-25-12-9-13-27(21-25)42-22(2)31(38)36-29-15-8-7-14-28(29)34/h4-22H,3H2,1-2H3,(H,35,40)(H,36,38)(H,37,39)/b30-20+. The second-order valence-corrected chi connectivity index (χ2v) is 11.4. The zero-order valence-corrected chi connectivity index (χ0v) is 25.5. The number of thioether (sulfide) groups is 1. The van der Waals surface area contributed by atoms with E-state index < -0.39 is 17.1 Å². The molecule has 7 nitrogen and oxygen atoms in total. The molecule has 1 unspecified atom stereocenters. The Balaban J connectivity index is 1.49. The smallest absolute Gasteiger partial charge is 0.272 e. The topological polar surface area (TPSA) is 96.5 Å². The van der Waals surface area contributed by atoms with Gasteiger partial charge in [-0.2, -0.15) is 0 Å². The monoisotopic (exact) mass is 643 g/mol. The van der Waals surface area contributed by atoms with Crippen LogP contribution in [0.5, 0.6) is 5.75 Å². The Morgan fingerprint density at radius 3 is 2.31 bits per heavy atom. The molecule has 0 fully saturated rings. The van der Waals surface area contributed by atoms with Crippen LogP contribution < -0.4 is 20.7 Å². The van der Waals surface area contributed by atoms with Gasteiger partial charge in [0.15, 0.2) is 0 Å². The first kappa shape index (κ1) is 30.6. The second kappa shape index (κ2) is 15.0. The Morgan fingerprint density at radius 2 is 1.60 bits per heavy atom. The molecule has 9 heteroatoms. The average molecular weight is 645 g/mol. The molecule has 0 heterocycles. The van der Waals surface area contributed by atoms with Gasteiger partial charge in [-0.1, -0.05) is 48.5 Å². The number of nitrogens with one attached hydrogen (secondary N) is 3. The first-order chi connectivity index (χ1) is 20.3. The highest BCUT2D eigenvalue weighted by Crippen LogP contribution is 2.28. The molecule has 4 rings (SSSR count). The summed E-state index contributed by atoms with van der Waals surface area (Å²) < 4.78 is 6.30. The molecule has 3 amide bonds. The normalized spacial score (nSPS) is 11.7. The minimum absolute atomic E-state index is 0.0762. The summed E-state index contributed by atoms with van der Waals surface area (Å²) in [6.07, 6.45) is 1.61. The molecule has 0 aliphatic heterocycles. The first-order valence-corrected chi connectivity index (χ1v) is 14.9. The van der Waals surface area contributed by atoms with Gasteiger partial charge in [0, 0.05) is 20.6 Å². The SMILES string of the molecule is CCOc1ccc(/C=C(/NC(=O)c2ccccc2)C(=O)Nc2cccc(SC(C)C(=O)Nc3ccccc3Br)c2)cc1. The number of anilines is 2. The third-order valence-corrected chi connectivity index (χ3v) is 7.72. The number of hydrogen-bond donors (Lipinski definition) is 3. The molecule has 0 aliphatic carbocycles. The highest BCUT2D eigenvalue weighted by atomic mass is 79.9. The lowest BCUT2D eigenvalue weighted by atomic mass is 10.1. The number of ether oxygens (including phenoxy) is 1. The van der Waals surface area contributed by atoms with Gasteiger partial charge in [-0.3, -0.25) is 14.4 Å². The van der Waals surface area contributed by atoms with Crippen molar-refractivity contribution in [3.8, 4) is 5.75 Å². The summed E-state index contributed by atoms with van der Waals surface area (Å²) in [6.45, 7) is 4.27.